The molecule has 1 aromatic rings. The number of methoxy groups -OCH3 is 1. The van der Waals surface area contributed by atoms with Gasteiger partial charge in [0.1, 0.15) is 17.7 Å². The number of halogens is 3. The van der Waals surface area contributed by atoms with E-state index in [0.717, 1.165) is 0 Å². The van der Waals surface area contributed by atoms with Crippen LogP contribution >= 0.6 is 27.5 Å². The van der Waals surface area contributed by atoms with Crippen molar-refractivity contribution in [3.63, 3.8) is 0 Å². The molecule has 0 heterocycles. The summed E-state index contributed by atoms with van der Waals surface area (Å²) in [4.78, 5) is 0. The van der Waals surface area contributed by atoms with E-state index in [1.54, 1.807) is 7.11 Å². The van der Waals surface area contributed by atoms with Crippen molar-refractivity contribution in [2.75, 3.05) is 20.3 Å². The van der Waals surface area contributed by atoms with Gasteiger partial charge >= 0.3 is 0 Å². The summed E-state index contributed by atoms with van der Waals surface area (Å²) < 4.78 is 24.9. The zero-order valence-electron chi connectivity index (χ0n) is 11.2. The van der Waals surface area contributed by atoms with Gasteiger partial charge in [0.2, 0.25) is 0 Å². The van der Waals surface area contributed by atoms with Gasteiger partial charge in [0.05, 0.1) is 16.1 Å². The summed E-state index contributed by atoms with van der Waals surface area (Å²) in [6, 6.07) is 3.09. The monoisotopic (exact) mass is 353 g/mol. The SMILES string of the molecule is COCC(CNC(C)C)Oc1cc(F)c(Cl)cc1Br. The van der Waals surface area contributed by atoms with Crippen LogP contribution in [0.4, 0.5) is 4.39 Å². The average Bonchev–Trinajstić information content (AvgIpc) is 2.33. The minimum atomic E-state index is -0.507. The van der Waals surface area contributed by atoms with E-state index in [4.69, 9.17) is 21.1 Å². The Morgan fingerprint density at radius 1 is 1.42 bits per heavy atom. The van der Waals surface area contributed by atoms with Gasteiger partial charge in [-0.2, -0.15) is 0 Å². The van der Waals surface area contributed by atoms with Crippen molar-refractivity contribution in [2.45, 2.75) is 26.0 Å². The third-order valence-corrected chi connectivity index (χ3v) is 3.28. The molecule has 1 rings (SSSR count). The summed E-state index contributed by atoms with van der Waals surface area (Å²) >= 11 is 8.99. The Morgan fingerprint density at radius 3 is 2.68 bits per heavy atom. The van der Waals surface area contributed by atoms with Crippen LogP contribution in [0.25, 0.3) is 0 Å². The van der Waals surface area contributed by atoms with E-state index < -0.39 is 5.82 Å². The lowest BCUT2D eigenvalue weighted by Gasteiger charge is -2.21. The molecule has 0 aliphatic heterocycles. The van der Waals surface area contributed by atoms with Gasteiger partial charge in [-0.05, 0) is 22.0 Å². The van der Waals surface area contributed by atoms with Crippen LogP contribution in [0.2, 0.25) is 5.02 Å². The Kier molecular flexibility index (Phi) is 7.07. The third-order valence-electron chi connectivity index (χ3n) is 2.37. The Bertz CT molecular complexity index is 418. The van der Waals surface area contributed by atoms with Crippen LogP contribution in [0.15, 0.2) is 16.6 Å². The van der Waals surface area contributed by atoms with E-state index in [0.29, 0.717) is 29.4 Å². The number of hydrogen-bond donors (Lipinski definition) is 1. The summed E-state index contributed by atoms with van der Waals surface area (Å²) in [5.41, 5.74) is 0. The van der Waals surface area contributed by atoms with Crippen LogP contribution in [0, 0.1) is 5.82 Å². The molecule has 0 amide bonds. The molecule has 108 valence electrons. The standard InChI is InChI=1S/C13H18BrClFNO2/c1-8(2)17-6-9(7-18-3)19-13-5-12(16)11(15)4-10(13)14/h4-5,8-9,17H,6-7H2,1-3H3. The molecule has 1 atom stereocenters. The van der Waals surface area contributed by atoms with Gasteiger partial charge in [-0.3, -0.25) is 0 Å². The van der Waals surface area contributed by atoms with Crippen LogP contribution in [-0.2, 0) is 4.74 Å². The summed E-state index contributed by atoms with van der Waals surface area (Å²) in [5, 5.41) is 3.31. The molecule has 6 heteroatoms. The fraction of sp³-hybridized carbons (Fsp3) is 0.538. The van der Waals surface area contributed by atoms with Gasteiger partial charge in [-0.25, -0.2) is 4.39 Å². The highest BCUT2D eigenvalue weighted by Gasteiger charge is 2.15. The first-order chi connectivity index (χ1) is 8.93. The van der Waals surface area contributed by atoms with Crippen molar-refractivity contribution in [3.05, 3.63) is 27.4 Å². The van der Waals surface area contributed by atoms with Crippen molar-refractivity contribution in [1.82, 2.24) is 5.32 Å². The second-order valence-electron chi connectivity index (χ2n) is 4.45. The van der Waals surface area contributed by atoms with Crippen LogP contribution in [0.3, 0.4) is 0 Å². The van der Waals surface area contributed by atoms with Gasteiger partial charge in [0.15, 0.2) is 0 Å². The molecule has 1 N–H and O–H groups in total. The first kappa shape index (κ1) is 16.7. The lowest BCUT2D eigenvalue weighted by molar-refractivity contribution is 0.0787. The molecular formula is C13H18BrClFNO2. The van der Waals surface area contributed by atoms with Crippen LogP contribution in [-0.4, -0.2) is 32.4 Å². The van der Waals surface area contributed by atoms with Crippen LogP contribution in [0.1, 0.15) is 13.8 Å². The van der Waals surface area contributed by atoms with Gasteiger partial charge in [0, 0.05) is 25.8 Å². The summed E-state index contributed by atoms with van der Waals surface area (Å²) in [6.45, 7) is 5.11. The molecular weight excluding hydrogens is 337 g/mol. The predicted octanol–water partition coefficient (Wildman–Crippen LogP) is 3.63. The van der Waals surface area contributed by atoms with Gasteiger partial charge in [-0.1, -0.05) is 25.4 Å². The highest BCUT2D eigenvalue weighted by Crippen LogP contribution is 2.31. The highest BCUT2D eigenvalue weighted by molar-refractivity contribution is 9.10. The number of nitrogens with one attached hydrogen (secondary N) is 1. The van der Waals surface area contributed by atoms with Crippen molar-refractivity contribution in [3.8, 4) is 5.75 Å². The second kappa shape index (κ2) is 8.04. The minimum Gasteiger partial charge on any atom is -0.485 e. The molecule has 3 nitrogen and oxygen atoms in total. The molecule has 0 fully saturated rings. The molecule has 0 saturated heterocycles. The maximum Gasteiger partial charge on any atom is 0.145 e. The summed E-state index contributed by atoms with van der Waals surface area (Å²) in [5.74, 6) is -0.0950. The molecule has 0 radical (unpaired) electrons. The van der Waals surface area contributed by atoms with Crippen LogP contribution < -0.4 is 10.1 Å². The maximum absolute atomic E-state index is 13.4. The van der Waals surface area contributed by atoms with Gasteiger partial charge in [0.25, 0.3) is 0 Å². The zero-order valence-corrected chi connectivity index (χ0v) is 13.5. The minimum absolute atomic E-state index is 0.0582. The quantitative estimate of drug-likeness (QED) is 0.759. The summed E-state index contributed by atoms with van der Waals surface area (Å²) in [6.07, 6.45) is -0.204. The maximum atomic E-state index is 13.4. The van der Waals surface area contributed by atoms with Gasteiger partial charge < -0.3 is 14.8 Å². The fourth-order valence-corrected chi connectivity index (χ4v) is 2.19. The van der Waals surface area contributed by atoms with Crippen LogP contribution in [0.5, 0.6) is 5.75 Å². The topological polar surface area (TPSA) is 30.5 Å². The lowest BCUT2D eigenvalue weighted by atomic mass is 10.3. The summed E-state index contributed by atoms with van der Waals surface area (Å²) in [7, 11) is 1.60. The first-order valence-corrected chi connectivity index (χ1v) is 7.14. The molecule has 1 unspecified atom stereocenters. The van der Waals surface area contributed by atoms with E-state index in [1.165, 1.54) is 12.1 Å². The van der Waals surface area contributed by atoms with E-state index in [9.17, 15) is 4.39 Å². The van der Waals surface area contributed by atoms with E-state index in [2.05, 4.69) is 21.2 Å². The van der Waals surface area contributed by atoms with E-state index >= 15 is 0 Å². The number of ether oxygens (including phenoxy) is 2. The number of benzene rings is 1. The van der Waals surface area contributed by atoms with E-state index in [1.807, 2.05) is 13.8 Å². The zero-order chi connectivity index (χ0) is 14.4. The molecule has 1 aromatic carbocycles. The molecule has 0 aromatic heterocycles. The Hall–Kier alpha value is -0.360. The Morgan fingerprint density at radius 2 is 2.11 bits per heavy atom. The number of rotatable bonds is 7. The van der Waals surface area contributed by atoms with Crippen molar-refractivity contribution >= 4 is 27.5 Å². The molecule has 19 heavy (non-hydrogen) atoms. The molecule has 0 saturated carbocycles. The molecule has 0 aliphatic carbocycles. The molecule has 0 aliphatic rings. The average molecular weight is 355 g/mol. The van der Waals surface area contributed by atoms with Crippen molar-refractivity contribution < 1.29 is 13.9 Å². The first-order valence-electron chi connectivity index (χ1n) is 5.97. The van der Waals surface area contributed by atoms with Crippen molar-refractivity contribution in [1.29, 1.82) is 0 Å². The van der Waals surface area contributed by atoms with E-state index in [-0.39, 0.29) is 11.1 Å². The smallest absolute Gasteiger partial charge is 0.145 e. The largest absolute Gasteiger partial charge is 0.485 e. The molecule has 0 bridgehead atoms. The lowest BCUT2D eigenvalue weighted by Crippen LogP contribution is -2.38. The normalized spacial score (nSPS) is 12.8. The predicted molar refractivity (Wildman–Crippen MR) is 78.5 cm³/mol. The Labute approximate surface area is 126 Å². The Balaban J connectivity index is 2.75. The van der Waals surface area contributed by atoms with Gasteiger partial charge in [-0.15, -0.1) is 0 Å². The fourth-order valence-electron chi connectivity index (χ4n) is 1.46. The highest BCUT2D eigenvalue weighted by atomic mass is 79.9. The number of hydrogen-bond acceptors (Lipinski definition) is 3. The second-order valence-corrected chi connectivity index (χ2v) is 5.72. The third kappa shape index (κ3) is 5.65. The molecule has 0 spiro atoms. The van der Waals surface area contributed by atoms with Crippen molar-refractivity contribution in [2.24, 2.45) is 0 Å².